The number of carbonyl (C=O) groups excluding carboxylic acids is 1. The van der Waals surface area contributed by atoms with Crippen LogP contribution in [0.2, 0.25) is 0 Å². The van der Waals surface area contributed by atoms with Crippen LogP contribution in [0.25, 0.3) is 0 Å². The van der Waals surface area contributed by atoms with Gasteiger partial charge < -0.3 is 4.74 Å². The minimum atomic E-state index is -0.298. The number of ether oxygens (including phenoxy) is 1. The van der Waals surface area contributed by atoms with E-state index >= 15 is 0 Å². The fourth-order valence-electron chi connectivity index (χ4n) is 1.13. The Morgan fingerprint density at radius 2 is 1.85 bits per heavy atom. The summed E-state index contributed by atoms with van der Waals surface area (Å²) in [4.78, 5) is 11.4. The normalized spacial score (nSPS) is 9.85. The Labute approximate surface area is 86.0 Å². The molecule has 70 valence electrons. The molecule has 0 fully saturated rings. The van der Waals surface area contributed by atoms with E-state index in [1.54, 1.807) is 0 Å². The number of esters is 1. The zero-order valence-corrected chi connectivity index (χ0v) is 9.44. The predicted molar refractivity (Wildman–Crippen MR) is 55.0 cm³/mol. The third kappa shape index (κ3) is 1.91. The first kappa shape index (κ1) is 10.3. The summed E-state index contributed by atoms with van der Waals surface area (Å²) in [5.41, 5.74) is 2.57. The van der Waals surface area contributed by atoms with Crippen LogP contribution in [0.3, 0.4) is 0 Å². The Morgan fingerprint density at radius 3 is 2.38 bits per heavy atom. The van der Waals surface area contributed by atoms with Crippen molar-refractivity contribution in [3.05, 3.63) is 33.3 Å². The van der Waals surface area contributed by atoms with Gasteiger partial charge in [-0.1, -0.05) is 12.1 Å². The van der Waals surface area contributed by atoms with Crippen molar-refractivity contribution >= 4 is 21.9 Å². The molecule has 0 aromatic heterocycles. The van der Waals surface area contributed by atoms with Crippen LogP contribution in [0.15, 0.2) is 16.6 Å². The highest BCUT2D eigenvalue weighted by molar-refractivity contribution is 9.10. The third-order valence-corrected chi connectivity index (χ3v) is 2.95. The Hall–Kier alpha value is -0.830. The molecule has 0 saturated heterocycles. The second-order valence-electron chi connectivity index (χ2n) is 2.88. The molecule has 0 aliphatic carbocycles. The lowest BCUT2D eigenvalue weighted by molar-refractivity contribution is 0.0598. The van der Waals surface area contributed by atoms with Crippen LogP contribution in [-0.4, -0.2) is 13.1 Å². The number of halogens is 1. The quantitative estimate of drug-likeness (QED) is 0.709. The topological polar surface area (TPSA) is 26.3 Å². The first-order chi connectivity index (χ1) is 6.07. The summed E-state index contributed by atoms with van der Waals surface area (Å²) in [7, 11) is 1.39. The Bertz CT molecular complexity index is 345. The van der Waals surface area contributed by atoms with Gasteiger partial charge in [0.25, 0.3) is 0 Å². The summed E-state index contributed by atoms with van der Waals surface area (Å²) < 4.78 is 5.50. The number of rotatable bonds is 1. The summed E-state index contributed by atoms with van der Waals surface area (Å²) in [6.07, 6.45) is 0. The molecule has 1 aromatic rings. The van der Waals surface area contributed by atoms with Crippen molar-refractivity contribution in [2.24, 2.45) is 0 Å². The van der Waals surface area contributed by atoms with Gasteiger partial charge in [-0.2, -0.15) is 0 Å². The van der Waals surface area contributed by atoms with Gasteiger partial charge in [-0.3, -0.25) is 0 Å². The molecule has 1 aromatic carbocycles. The highest BCUT2D eigenvalue weighted by Gasteiger charge is 2.14. The number of hydrogen-bond acceptors (Lipinski definition) is 2. The predicted octanol–water partition coefficient (Wildman–Crippen LogP) is 2.85. The van der Waals surface area contributed by atoms with Crippen molar-refractivity contribution in [1.82, 2.24) is 0 Å². The van der Waals surface area contributed by atoms with E-state index in [1.807, 2.05) is 26.0 Å². The molecule has 13 heavy (non-hydrogen) atoms. The molecule has 0 heterocycles. The molecule has 0 N–H and O–H groups in total. The van der Waals surface area contributed by atoms with Crippen molar-refractivity contribution in [2.75, 3.05) is 7.11 Å². The van der Waals surface area contributed by atoms with Gasteiger partial charge in [0.2, 0.25) is 0 Å². The zero-order chi connectivity index (χ0) is 10.0. The minimum Gasteiger partial charge on any atom is -0.465 e. The fraction of sp³-hybridized carbons (Fsp3) is 0.300. The summed E-state index contributed by atoms with van der Waals surface area (Å²) in [6.45, 7) is 3.83. The summed E-state index contributed by atoms with van der Waals surface area (Å²) in [5.74, 6) is -0.298. The smallest absolute Gasteiger partial charge is 0.339 e. The van der Waals surface area contributed by atoms with Gasteiger partial charge in [0, 0.05) is 4.47 Å². The summed E-state index contributed by atoms with van der Waals surface area (Å²) in [5, 5.41) is 0. The lowest BCUT2D eigenvalue weighted by Gasteiger charge is -2.08. The molecule has 0 aliphatic heterocycles. The second kappa shape index (κ2) is 3.92. The molecule has 1 rings (SSSR count). The summed E-state index contributed by atoms with van der Waals surface area (Å²) >= 11 is 3.37. The van der Waals surface area contributed by atoms with E-state index in [4.69, 9.17) is 0 Å². The minimum absolute atomic E-state index is 0.298. The molecular formula is C10H11BrO2. The molecular weight excluding hydrogens is 232 g/mol. The maximum absolute atomic E-state index is 11.4. The molecule has 0 bridgehead atoms. The maximum atomic E-state index is 11.4. The van der Waals surface area contributed by atoms with Crippen LogP contribution in [0.4, 0.5) is 0 Å². The van der Waals surface area contributed by atoms with E-state index in [-0.39, 0.29) is 5.97 Å². The Morgan fingerprint density at radius 1 is 1.31 bits per heavy atom. The van der Waals surface area contributed by atoms with Gasteiger partial charge >= 0.3 is 5.97 Å². The van der Waals surface area contributed by atoms with E-state index < -0.39 is 0 Å². The van der Waals surface area contributed by atoms with Gasteiger partial charge in [0.05, 0.1) is 12.7 Å². The zero-order valence-electron chi connectivity index (χ0n) is 7.85. The first-order valence-corrected chi connectivity index (χ1v) is 4.71. The first-order valence-electron chi connectivity index (χ1n) is 3.92. The average Bonchev–Trinajstić information content (AvgIpc) is 2.12. The number of methoxy groups -OCH3 is 1. The van der Waals surface area contributed by atoms with E-state index in [2.05, 4.69) is 20.7 Å². The van der Waals surface area contributed by atoms with Gasteiger partial charge in [0.1, 0.15) is 0 Å². The van der Waals surface area contributed by atoms with E-state index in [0.29, 0.717) is 5.56 Å². The van der Waals surface area contributed by atoms with Gasteiger partial charge in [-0.25, -0.2) is 4.79 Å². The monoisotopic (exact) mass is 242 g/mol. The van der Waals surface area contributed by atoms with E-state index in [1.165, 1.54) is 7.11 Å². The maximum Gasteiger partial charge on any atom is 0.339 e. The highest BCUT2D eigenvalue weighted by atomic mass is 79.9. The van der Waals surface area contributed by atoms with Gasteiger partial charge in [-0.15, -0.1) is 0 Å². The van der Waals surface area contributed by atoms with Crippen LogP contribution < -0.4 is 0 Å². The fourth-order valence-corrected chi connectivity index (χ4v) is 1.74. The number of aryl methyl sites for hydroxylation is 2. The third-order valence-electron chi connectivity index (χ3n) is 1.93. The molecule has 0 unspecified atom stereocenters. The Kier molecular flexibility index (Phi) is 3.09. The van der Waals surface area contributed by atoms with Crippen molar-refractivity contribution in [3.8, 4) is 0 Å². The van der Waals surface area contributed by atoms with E-state index in [9.17, 15) is 4.79 Å². The molecule has 0 spiro atoms. The van der Waals surface area contributed by atoms with E-state index in [0.717, 1.165) is 15.6 Å². The van der Waals surface area contributed by atoms with Crippen molar-refractivity contribution < 1.29 is 9.53 Å². The van der Waals surface area contributed by atoms with Crippen molar-refractivity contribution in [3.63, 3.8) is 0 Å². The molecule has 0 atom stereocenters. The standard InChI is InChI=1S/C10H11BrO2/c1-6-4-5-7(2)9(11)8(6)10(12)13-3/h4-5H,1-3H3. The van der Waals surface area contributed by atoms with Crippen molar-refractivity contribution in [1.29, 1.82) is 0 Å². The lowest BCUT2D eigenvalue weighted by atomic mass is 10.1. The Balaban J connectivity index is 3.33. The number of benzene rings is 1. The SMILES string of the molecule is COC(=O)c1c(C)ccc(C)c1Br. The van der Waals surface area contributed by atoms with Crippen LogP contribution in [-0.2, 0) is 4.74 Å². The molecule has 0 saturated carbocycles. The van der Waals surface area contributed by atoms with Crippen LogP contribution in [0.1, 0.15) is 21.5 Å². The summed E-state index contributed by atoms with van der Waals surface area (Å²) in [6, 6.07) is 3.87. The van der Waals surface area contributed by atoms with Crippen molar-refractivity contribution in [2.45, 2.75) is 13.8 Å². The average molecular weight is 243 g/mol. The van der Waals surface area contributed by atoms with Gasteiger partial charge in [-0.05, 0) is 40.9 Å². The molecule has 0 aliphatic rings. The second-order valence-corrected chi connectivity index (χ2v) is 3.67. The van der Waals surface area contributed by atoms with Crippen LogP contribution in [0.5, 0.6) is 0 Å². The number of hydrogen-bond donors (Lipinski definition) is 0. The van der Waals surface area contributed by atoms with Crippen LogP contribution >= 0.6 is 15.9 Å². The van der Waals surface area contributed by atoms with Crippen LogP contribution in [0, 0.1) is 13.8 Å². The molecule has 3 heteroatoms. The lowest BCUT2D eigenvalue weighted by Crippen LogP contribution is -2.05. The highest BCUT2D eigenvalue weighted by Crippen LogP contribution is 2.24. The number of carbonyl (C=O) groups is 1. The molecule has 0 amide bonds. The largest absolute Gasteiger partial charge is 0.465 e. The molecule has 0 radical (unpaired) electrons. The molecule has 2 nitrogen and oxygen atoms in total. The van der Waals surface area contributed by atoms with Gasteiger partial charge in [0.15, 0.2) is 0 Å².